The zero-order valence-electron chi connectivity index (χ0n) is 17.9. The van der Waals surface area contributed by atoms with Crippen LogP contribution in [0.3, 0.4) is 0 Å². The van der Waals surface area contributed by atoms with Crippen LogP contribution in [0.25, 0.3) is 10.2 Å². The Morgan fingerprint density at radius 1 is 1.32 bits per heavy atom. The van der Waals surface area contributed by atoms with Crippen LogP contribution in [0.1, 0.15) is 30.3 Å². The fourth-order valence-corrected chi connectivity index (χ4v) is 5.45. The molecule has 1 aliphatic heterocycles. The van der Waals surface area contributed by atoms with Crippen molar-refractivity contribution in [2.45, 2.75) is 45.0 Å². The van der Waals surface area contributed by atoms with Crippen LogP contribution in [0, 0.1) is 13.8 Å². The van der Waals surface area contributed by atoms with Crippen molar-refractivity contribution in [3.63, 3.8) is 0 Å². The molecule has 9 heteroatoms. The second kappa shape index (κ2) is 8.92. The highest BCUT2D eigenvalue weighted by atomic mass is 32.2. The molecule has 0 saturated heterocycles. The van der Waals surface area contributed by atoms with E-state index in [1.54, 1.807) is 4.57 Å². The van der Waals surface area contributed by atoms with Crippen LogP contribution in [0.5, 0.6) is 11.5 Å². The first-order valence-corrected chi connectivity index (χ1v) is 12.0. The highest BCUT2D eigenvalue weighted by Gasteiger charge is 2.22. The molecule has 1 N–H and O–H groups in total. The molecule has 0 saturated carbocycles. The van der Waals surface area contributed by atoms with E-state index in [1.165, 1.54) is 23.1 Å². The van der Waals surface area contributed by atoms with Gasteiger partial charge in [0.25, 0.3) is 5.56 Å². The van der Waals surface area contributed by atoms with Crippen LogP contribution in [0.15, 0.2) is 34.2 Å². The molecule has 2 aromatic heterocycles. The molecule has 1 atom stereocenters. The van der Waals surface area contributed by atoms with Gasteiger partial charge in [0.1, 0.15) is 17.5 Å². The fourth-order valence-electron chi connectivity index (χ4n) is 3.42. The molecule has 1 aliphatic rings. The topological polar surface area (TPSA) is 82.4 Å². The molecule has 0 fully saturated rings. The third-order valence-electron chi connectivity index (χ3n) is 5.15. The van der Waals surface area contributed by atoms with Gasteiger partial charge in [0.15, 0.2) is 16.7 Å². The smallest absolute Gasteiger partial charge is 0.263 e. The molecular formula is C22H25N3O4S2. The van der Waals surface area contributed by atoms with E-state index in [9.17, 15) is 9.59 Å². The normalized spacial score (nSPS) is 15.5. The number of aromatic nitrogens is 2. The second-order valence-electron chi connectivity index (χ2n) is 7.72. The number of ether oxygens (including phenoxy) is 2. The monoisotopic (exact) mass is 459 g/mol. The van der Waals surface area contributed by atoms with Crippen molar-refractivity contribution < 1.29 is 14.3 Å². The number of fused-ring (bicyclic) bond motifs is 2. The summed E-state index contributed by atoms with van der Waals surface area (Å²) in [7, 11) is 0. The van der Waals surface area contributed by atoms with Crippen molar-refractivity contribution in [1.82, 2.24) is 14.9 Å². The van der Waals surface area contributed by atoms with Crippen LogP contribution < -0.4 is 20.3 Å². The summed E-state index contributed by atoms with van der Waals surface area (Å²) in [6, 6.07) is 7.43. The number of nitrogens with zero attached hydrogens (tertiary/aromatic N) is 2. The quantitative estimate of drug-likeness (QED) is 0.447. The predicted octanol–water partition coefficient (Wildman–Crippen LogP) is 3.70. The molecule has 0 spiro atoms. The van der Waals surface area contributed by atoms with E-state index in [2.05, 4.69) is 5.32 Å². The van der Waals surface area contributed by atoms with Crippen LogP contribution in [-0.4, -0.2) is 40.5 Å². The maximum Gasteiger partial charge on any atom is 0.263 e. The molecule has 4 rings (SSSR count). The highest BCUT2D eigenvalue weighted by Crippen LogP contribution is 2.31. The Morgan fingerprint density at radius 2 is 2.06 bits per heavy atom. The standard InChI is InChI=1S/C22H25N3O4S2/c1-12(2)25-21(27)19-13(3)14(4)31-20(19)24-22(25)30-11-18(26)23-9-15-10-28-16-7-5-6-8-17(16)29-15/h5-8,12,15H,9-11H2,1-4H3,(H,23,26). The van der Waals surface area contributed by atoms with E-state index in [-0.39, 0.29) is 29.4 Å². The lowest BCUT2D eigenvalue weighted by Gasteiger charge is -2.26. The Labute approximate surface area is 188 Å². The van der Waals surface area contributed by atoms with Crippen LogP contribution in [-0.2, 0) is 4.79 Å². The molecule has 0 bridgehead atoms. The van der Waals surface area contributed by atoms with Gasteiger partial charge in [0, 0.05) is 10.9 Å². The van der Waals surface area contributed by atoms with Gasteiger partial charge in [0.2, 0.25) is 5.91 Å². The molecule has 164 valence electrons. The van der Waals surface area contributed by atoms with Gasteiger partial charge in [-0.2, -0.15) is 0 Å². The summed E-state index contributed by atoms with van der Waals surface area (Å²) >= 11 is 2.79. The Bertz CT molecular complexity index is 1190. The number of carbonyl (C=O) groups is 1. The van der Waals surface area contributed by atoms with Gasteiger partial charge in [0.05, 0.1) is 17.7 Å². The third kappa shape index (κ3) is 4.43. The van der Waals surface area contributed by atoms with Crippen molar-refractivity contribution in [3.8, 4) is 11.5 Å². The molecule has 3 heterocycles. The maximum absolute atomic E-state index is 13.1. The van der Waals surface area contributed by atoms with E-state index in [0.717, 1.165) is 15.3 Å². The number of hydrogen-bond acceptors (Lipinski definition) is 7. The minimum atomic E-state index is -0.246. The number of para-hydroxylation sites is 2. The van der Waals surface area contributed by atoms with Crippen LogP contribution in [0.2, 0.25) is 0 Å². The summed E-state index contributed by atoms with van der Waals surface area (Å²) in [6.07, 6.45) is -0.246. The Hall–Kier alpha value is -2.52. The van der Waals surface area contributed by atoms with Gasteiger partial charge in [-0.05, 0) is 45.4 Å². The largest absolute Gasteiger partial charge is 0.486 e. The summed E-state index contributed by atoms with van der Waals surface area (Å²) in [5, 5.41) is 4.14. The molecule has 7 nitrogen and oxygen atoms in total. The first-order valence-electron chi connectivity index (χ1n) is 10.2. The Balaban J connectivity index is 1.41. The molecule has 3 aromatic rings. The van der Waals surface area contributed by atoms with Crippen molar-refractivity contribution in [1.29, 1.82) is 0 Å². The van der Waals surface area contributed by atoms with Gasteiger partial charge in [-0.1, -0.05) is 23.9 Å². The number of amides is 1. The minimum absolute atomic E-state index is 0.0452. The SMILES string of the molecule is Cc1sc2nc(SCC(=O)NCC3COc4ccccc4O3)n(C(C)C)c(=O)c2c1C. The summed E-state index contributed by atoms with van der Waals surface area (Å²) in [6.45, 7) is 8.58. The predicted molar refractivity (Wildman–Crippen MR) is 124 cm³/mol. The number of benzene rings is 1. The van der Waals surface area contributed by atoms with Gasteiger partial charge in [-0.15, -0.1) is 11.3 Å². The molecule has 1 unspecified atom stereocenters. The first kappa shape index (κ1) is 21.7. The number of thiophene rings is 1. The number of carbonyl (C=O) groups excluding carboxylic acids is 1. The lowest BCUT2D eigenvalue weighted by molar-refractivity contribution is -0.119. The molecule has 0 radical (unpaired) electrons. The number of nitrogens with one attached hydrogen (secondary N) is 1. The maximum atomic E-state index is 13.1. The average Bonchev–Trinajstić information content (AvgIpc) is 3.03. The first-order chi connectivity index (χ1) is 14.8. The molecule has 31 heavy (non-hydrogen) atoms. The lowest BCUT2D eigenvalue weighted by atomic mass is 10.2. The van der Waals surface area contributed by atoms with Gasteiger partial charge >= 0.3 is 0 Å². The minimum Gasteiger partial charge on any atom is -0.486 e. The summed E-state index contributed by atoms with van der Waals surface area (Å²) < 4.78 is 13.2. The second-order valence-corrected chi connectivity index (χ2v) is 9.86. The summed E-state index contributed by atoms with van der Waals surface area (Å²) in [5.74, 6) is 1.42. The number of aryl methyl sites for hydroxylation is 2. The van der Waals surface area contributed by atoms with Gasteiger partial charge in [-0.3, -0.25) is 14.2 Å². The summed E-state index contributed by atoms with van der Waals surface area (Å²) in [4.78, 5) is 32.1. The van der Waals surface area contributed by atoms with Crippen molar-refractivity contribution in [2.24, 2.45) is 0 Å². The fraction of sp³-hybridized carbons (Fsp3) is 0.409. The zero-order chi connectivity index (χ0) is 22.1. The van der Waals surface area contributed by atoms with Crippen molar-refractivity contribution in [3.05, 3.63) is 45.1 Å². The van der Waals surface area contributed by atoms with E-state index >= 15 is 0 Å². The van der Waals surface area contributed by atoms with Gasteiger partial charge < -0.3 is 14.8 Å². The molecular weight excluding hydrogens is 434 g/mol. The molecule has 1 amide bonds. The Morgan fingerprint density at radius 3 is 2.81 bits per heavy atom. The van der Waals surface area contributed by atoms with E-state index in [1.807, 2.05) is 52.0 Å². The third-order valence-corrected chi connectivity index (χ3v) is 7.20. The highest BCUT2D eigenvalue weighted by molar-refractivity contribution is 7.99. The summed E-state index contributed by atoms with van der Waals surface area (Å²) in [5.41, 5.74) is 0.939. The number of hydrogen-bond donors (Lipinski definition) is 1. The van der Waals surface area contributed by atoms with E-state index < -0.39 is 0 Å². The van der Waals surface area contributed by atoms with Crippen LogP contribution >= 0.6 is 23.1 Å². The van der Waals surface area contributed by atoms with Gasteiger partial charge in [-0.25, -0.2) is 4.98 Å². The van der Waals surface area contributed by atoms with E-state index in [0.29, 0.717) is 35.2 Å². The lowest BCUT2D eigenvalue weighted by Crippen LogP contribution is -2.41. The number of thioether (sulfide) groups is 1. The van der Waals surface area contributed by atoms with Crippen LogP contribution in [0.4, 0.5) is 0 Å². The van der Waals surface area contributed by atoms with E-state index in [4.69, 9.17) is 14.5 Å². The Kier molecular flexibility index (Phi) is 6.24. The van der Waals surface area contributed by atoms with Crippen molar-refractivity contribution >= 4 is 39.2 Å². The molecule has 1 aromatic carbocycles. The van der Waals surface area contributed by atoms with Crippen molar-refractivity contribution in [2.75, 3.05) is 18.9 Å². The number of rotatable bonds is 6. The average molecular weight is 460 g/mol. The molecule has 0 aliphatic carbocycles. The zero-order valence-corrected chi connectivity index (χ0v) is 19.6.